The number of ether oxygens (including phenoxy) is 2. The molecule has 1 aliphatic carbocycles. The summed E-state index contributed by atoms with van der Waals surface area (Å²) in [6.07, 6.45) is 21.6. The summed E-state index contributed by atoms with van der Waals surface area (Å²) >= 11 is 0. The number of phosphoric acid groups is 1. The second-order valence-electron chi connectivity index (χ2n) is 17.6. The zero-order chi connectivity index (χ0) is 47.3. The van der Waals surface area contributed by atoms with Crippen LogP contribution in [-0.4, -0.2) is 99.5 Å². The highest BCUT2D eigenvalue weighted by atomic mass is 31.2. The van der Waals surface area contributed by atoms with Crippen molar-refractivity contribution in [2.24, 2.45) is 5.11 Å². The summed E-state index contributed by atoms with van der Waals surface area (Å²) in [6, 6.07) is 0. The lowest BCUT2D eigenvalue weighted by Crippen LogP contribution is -2.64. The number of allylic oxidation sites excluding steroid dienone is 2. The highest BCUT2D eigenvalue weighted by Crippen LogP contribution is 2.43. The molecule has 0 aliphatic heterocycles. The first kappa shape index (κ1) is 59.9. The standard InChI is InChI=1S/C47H88N3O13P/c1-3-5-7-9-11-13-15-17-19-21-23-25-27-29-31-33-35-41(52)62-39(37-60-64(58,59)63-47-45(56)43(54)42(53)44(55)46(47)57)38(36-49-50-48)61-40(51)34-32-30-28-26-24-22-20-18-16-14-12-10-8-6-4-2/h17,19,38-39,42-47,53-57H,3-16,18,20-37H2,1-2H3,(H,58,59)/p-1/b19-17-/t38-,39-,42?,43-,44+,45+,46+,47?/m0/s1. The summed E-state index contributed by atoms with van der Waals surface area (Å²) in [5.74, 6) is -1.40. The van der Waals surface area contributed by atoms with Crippen molar-refractivity contribution in [1.29, 1.82) is 0 Å². The summed E-state index contributed by atoms with van der Waals surface area (Å²) in [7, 11) is -5.52. The molecule has 0 saturated heterocycles. The van der Waals surface area contributed by atoms with E-state index in [0.29, 0.717) is 12.8 Å². The molecule has 0 spiro atoms. The van der Waals surface area contributed by atoms with Gasteiger partial charge in [0.05, 0.1) is 13.2 Å². The molecular weight excluding hydrogens is 845 g/mol. The Morgan fingerprint density at radius 3 is 1.31 bits per heavy atom. The molecule has 0 aromatic carbocycles. The molecule has 1 rings (SSSR count). The first-order valence-electron chi connectivity index (χ1n) is 25.0. The van der Waals surface area contributed by atoms with Gasteiger partial charge < -0.3 is 48.9 Å². The average Bonchev–Trinajstić information content (AvgIpc) is 3.27. The van der Waals surface area contributed by atoms with E-state index in [1.165, 1.54) is 103 Å². The Labute approximate surface area is 384 Å². The van der Waals surface area contributed by atoms with Crippen LogP contribution in [0.15, 0.2) is 17.3 Å². The summed E-state index contributed by atoms with van der Waals surface area (Å²) in [5.41, 5.74) is 9.08. The normalized spacial score (nSPS) is 21.9. The van der Waals surface area contributed by atoms with Crippen molar-refractivity contribution in [3.63, 3.8) is 0 Å². The molecule has 0 aromatic heterocycles. The van der Waals surface area contributed by atoms with Gasteiger partial charge in [0.25, 0.3) is 7.82 Å². The molecule has 16 nitrogen and oxygen atoms in total. The number of esters is 2. The van der Waals surface area contributed by atoms with Crippen LogP contribution in [0.2, 0.25) is 0 Å². The van der Waals surface area contributed by atoms with E-state index in [-0.39, 0.29) is 12.8 Å². The van der Waals surface area contributed by atoms with Gasteiger partial charge in [-0.15, -0.1) is 0 Å². The minimum Gasteiger partial charge on any atom is -0.756 e. The minimum absolute atomic E-state index is 0.0247. The molecular formula is C47H87N3O13P-. The van der Waals surface area contributed by atoms with Crippen LogP contribution in [0.3, 0.4) is 0 Å². The van der Waals surface area contributed by atoms with Crippen LogP contribution in [0.5, 0.6) is 0 Å². The molecule has 64 heavy (non-hydrogen) atoms. The lowest BCUT2D eigenvalue weighted by molar-refractivity contribution is -0.262. The van der Waals surface area contributed by atoms with Crippen LogP contribution in [0.1, 0.15) is 213 Å². The van der Waals surface area contributed by atoms with Gasteiger partial charge in [-0.25, -0.2) is 0 Å². The van der Waals surface area contributed by atoms with Gasteiger partial charge in [0, 0.05) is 17.8 Å². The van der Waals surface area contributed by atoms with E-state index in [1.54, 1.807) is 0 Å². The Bertz CT molecular complexity index is 1290. The number of azide groups is 1. The van der Waals surface area contributed by atoms with Crippen LogP contribution in [0.25, 0.3) is 10.4 Å². The SMILES string of the molecule is CCCCCCCC/C=C\CCCCCCCCC(=O)O[C@@H](COP(=O)([O-])OC1[C@H](O)[C@H](O)C(O)[C@H](O)[C@H]1O)[C@H](CN=[N+]=[N-])OC(=O)CCCCCCCCCCCCCCCCC. The maximum absolute atomic E-state index is 13.1. The lowest BCUT2D eigenvalue weighted by Gasteiger charge is -2.43. The van der Waals surface area contributed by atoms with Gasteiger partial charge in [0.1, 0.15) is 42.7 Å². The van der Waals surface area contributed by atoms with E-state index in [2.05, 4.69) is 36.0 Å². The molecule has 0 bridgehead atoms. The zero-order valence-electron chi connectivity index (χ0n) is 39.4. The Kier molecular flexibility index (Phi) is 36.5. The maximum Gasteiger partial charge on any atom is 0.306 e. The largest absolute Gasteiger partial charge is 0.756 e. The van der Waals surface area contributed by atoms with Gasteiger partial charge >= 0.3 is 11.9 Å². The predicted octanol–water partition coefficient (Wildman–Crippen LogP) is 9.50. The summed E-state index contributed by atoms with van der Waals surface area (Å²) in [6.45, 7) is 2.97. The van der Waals surface area contributed by atoms with E-state index in [1.807, 2.05) is 0 Å². The van der Waals surface area contributed by atoms with Gasteiger partial charge in [-0.3, -0.25) is 14.2 Å². The smallest absolute Gasteiger partial charge is 0.306 e. The number of hydrogen-bond donors (Lipinski definition) is 5. The Morgan fingerprint density at radius 2 is 0.922 bits per heavy atom. The fourth-order valence-corrected chi connectivity index (χ4v) is 8.78. The number of rotatable bonds is 42. The second-order valence-corrected chi connectivity index (χ2v) is 19.0. The number of carbonyl (C=O) groups is 2. The molecule has 0 amide bonds. The highest BCUT2D eigenvalue weighted by molar-refractivity contribution is 7.45. The van der Waals surface area contributed by atoms with Crippen molar-refractivity contribution in [1.82, 2.24) is 0 Å². The van der Waals surface area contributed by atoms with Gasteiger partial charge in [0.2, 0.25) is 0 Å². The summed E-state index contributed by atoms with van der Waals surface area (Å²) < 4.78 is 33.9. The lowest BCUT2D eigenvalue weighted by atomic mass is 9.85. The number of aliphatic hydroxyl groups excluding tert-OH is 5. The van der Waals surface area contributed by atoms with Crippen LogP contribution in [-0.2, 0) is 32.7 Å². The first-order valence-corrected chi connectivity index (χ1v) is 26.4. The van der Waals surface area contributed by atoms with Crippen LogP contribution in [0, 0.1) is 0 Å². The molecule has 1 aliphatic rings. The third kappa shape index (κ3) is 29.5. The monoisotopic (exact) mass is 933 g/mol. The van der Waals surface area contributed by atoms with E-state index in [0.717, 1.165) is 70.6 Å². The number of unbranched alkanes of at least 4 members (excludes halogenated alkanes) is 26. The van der Waals surface area contributed by atoms with Crippen molar-refractivity contribution in [2.75, 3.05) is 13.2 Å². The molecule has 17 heteroatoms. The van der Waals surface area contributed by atoms with Crippen LogP contribution < -0.4 is 4.89 Å². The quantitative estimate of drug-likeness (QED) is 0.00727. The molecule has 0 heterocycles. The number of aliphatic hydroxyl groups is 5. The van der Waals surface area contributed by atoms with Crippen LogP contribution >= 0.6 is 7.82 Å². The summed E-state index contributed by atoms with van der Waals surface area (Å²) in [5, 5.41) is 53.9. The number of hydrogen-bond acceptors (Lipinski definition) is 14. The van der Waals surface area contributed by atoms with Crippen molar-refractivity contribution in [3.05, 3.63) is 22.6 Å². The first-order chi connectivity index (χ1) is 30.9. The molecule has 0 radical (unpaired) electrons. The van der Waals surface area contributed by atoms with E-state index < -0.39 is 81.7 Å². The number of carbonyl (C=O) groups excluding carboxylic acids is 2. The van der Waals surface area contributed by atoms with Gasteiger partial charge in [-0.2, -0.15) is 0 Å². The van der Waals surface area contributed by atoms with Crippen molar-refractivity contribution in [2.45, 2.75) is 262 Å². The number of phosphoric ester groups is 1. The number of nitrogens with zero attached hydrogens (tertiary/aromatic N) is 3. The van der Waals surface area contributed by atoms with E-state index in [4.69, 9.17) is 24.1 Å². The fraction of sp³-hybridized carbons (Fsp3) is 0.915. The van der Waals surface area contributed by atoms with Gasteiger partial charge in [-0.05, 0) is 44.1 Å². The highest BCUT2D eigenvalue weighted by Gasteiger charge is 2.50. The Balaban J connectivity index is 2.68. The van der Waals surface area contributed by atoms with E-state index in [9.17, 15) is 44.6 Å². The van der Waals surface area contributed by atoms with Crippen molar-refractivity contribution >= 4 is 19.8 Å². The van der Waals surface area contributed by atoms with Crippen molar-refractivity contribution in [3.8, 4) is 0 Å². The minimum atomic E-state index is -5.52. The van der Waals surface area contributed by atoms with E-state index >= 15 is 0 Å². The molecule has 1 saturated carbocycles. The fourth-order valence-electron chi connectivity index (χ4n) is 7.84. The topological polar surface area (TPSA) is 261 Å². The average molecular weight is 933 g/mol. The van der Waals surface area contributed by atoms with Crippen molar-refractivity contribution < 1.29 is 63.1 Å². The molecule has 0 aromatic rings. The Morgan fingerprint density at radius 1 is 0.578 bits per heavy atom. The third-order valence-electron chi connectivity index (χ3n) is 11.9. The Hall–Kier alpha value is -2.10. The van der Waals surface area contributed by atoms with Crippen LogP contribution in [0.4, 0.5) is 0 Å². The molecule has 3 unspecified atom stereocenters. The molecule has 374 valence electrons. The summed E-state index contributed by atoms with van der Waals surface area (Å²) in [4.78, 5) is 41.7. The molecule has 9 atom stereocenters. The second kappa shape index (κ2) is 38.9. The molecule has 5 N–H and O–H groups in total. The predicted molar refractivity (Wildman–Crippen MR) is 246 cm³/mol. The van der Waals surface area contributed by atoms with Gasteiger partial charge in [0.15, 0.2) is 6.10 Å². The van der Waals surface area contributed by atoms with Gasteiger partial charge in [-0.1, -0.05) is 179 Å². The maximum atomic E-state index is 13.1. The third-order valence-corrected chi connectivity index (χ3v) is 12.9. The molecule has 1 fully saturated rings. The zero-order valence-corrected chi connectivity index (χ0v) is 40.3.